The van der Waals surface area contributed by atoms with Crippen molar-refractivity contribution < 1.29 is 0 Å². The Kier molecular flexibility index (Phi) is 18.0. The number of hydrogen-bond acceptors (Lipinski definition) is 3. The summed E-state index contributed by atoms with van der Waals surface area (Å²) in [5.74, 6) is 0. The molecule has 16 aromatic carbocycles. The minimum atomic E-state index is -0.275. The number of hydrogen-bond donors (Lipinski definition) is 0. The summed E-state index contributed by atoms with van der Waals surface area (Å²) >= 11 is 1.94. The first kappa shape index (κ1) is 79.7. The fourth-order valence-electron chi connectivity index (χ4n) is 20.7. The monoisotopic (exact) mass is 1660 g/mol. The topological polar surface area (TPSA) is 21.3 Å². The van der Waals surface area contributed by atoms with Gasteiger partial charge in [-0.15, -0.1) is 11.3 Å². The summed E-state index contributed by atoms with van der Waals surface area (Å²) in [4.78, 5) is 5.46. The maximum atomic E-state index is 2.74. The molecule has 0 amide bonds. The Hall–Kier alpha value is -13.2. The van der Waals surface area contributed by atoms with Crippen LogP contribution in [-0.2, 0) is 32.5 Å². The van der Waals surface area contributed by atoms with Gasteiger partial charge in [0.15, 0.2) is 0 Å². The summed E-state index contributed by atoms with van der Waals surface area (Å²) in [7, 11) is 0. The molecule has 20 aromatic rings. The molecular formula is C120H108BN5S. The molecule has 0 aliphatic carbocycles. The first-order valence-corrected chi connectivity index (χ1v) is 46.3. The second-order valence-electron chi connectivity index (χ2n) is 42.2. The van der Waals surface area contributed by atoms with Crippen molar-refractivity contribution >= 4 is 154 Å². The van der Waals surface area contributed by atoms with E-state index in [9.17, 15) is 0 Å². The Bertz CT molecular complexity index is 7770. The van der Waals surface area contributed by atoms with Crippen LogP contribution < -0.4 is 26.2 Å². The molecule has 0 atom stereocenters. The van der Waals surface area contributed by atoms with E-state index in [0.29, 0.717) is 0 Å². The summed E-state index contributed by atoms with van der Waals surface area (Å²) in [5, 5.41) is 9.93. The molecule has 0 bridgehead atoms. The molecule has 5 nitrogen and oxygen atoms in total. The van der Waals surface area contributed by atoms with Crippen molar-refractivity contribution in [3.05, 3.63) is 361 Å². The van der Waals surface area contributed by atoms with Gasteiger partial charge in [-0.25, -0.2) is 0 Å². The van der Waals surface area contributed by atoms with E-state index in [-0.39, 0.29) is 39.2 Å². The quantitative estimate of drug-likeness (QED) is 0.134. The highest BCUT2D eigenvalue weighted by atomic mass is 32.1. The van der Waals surface area contributed by atoms with Crippen molar-refractivity contribution in [2.75, 3.05) is 9.80 Å². The molecule has 127 heavy (non-hydrogen) atoms. The summed E-state index contributed by atoms with van der Waals surface area (Å²) < 4.78 is 10.2. The maximum absolute atomic E-state index is 2.74. The highest BCUT2D eigenvalue weighted by Crippen LogP contribution is 2.55. The smallest absolute Gasteiger partial charge is 0.252 e. The van der Waals surface area contributed by atoms with Gasteiger partial charge in [-0.1, -0.05) is 337 Å². The van der Waals surface area contributed by atoms with Gasteiger partial charge >= 0.3 is 0 Å². The number of benzene rings is 16. The molecule has 22 rings (SSSR count). The van der Waals surface area contributed by atoms with E-state index in [1.54, 1.807) is 0 Å². The zero-order chi connectivity index (χ0) is 87.6. The average Bonchev–Trinajstić information content (AvgIpc) is 1.47. The number of fused-ring (bicyclic) bond motifs is 16. The lowest BCUT2D eigenvalue weighted by Crippen LogP contribution is -2.61. The van der Waals surface area contributed by atoms with Gasteiger partial charge in [-0.3, -0.25) is 0 Å². The predicted molar refractivity (Wildman–Crippen MR) is 550 cm³/mol. The first-order chi connectivity index (χ1) is 60.8. The van der Waals surface area contributed by atoms with Crippen LogP contribution in [0, 0.1) is 0 Å². The fraction of sp³-hybridized carbons (Fsp3) is 0.200. The largest absolute Gasteiger partial charge is 0.311 e. The van der Waals surface area contributed by atoms with Crippen molar-refractivity contribution in [3.8, 4) is 61.6 Å². The third kappa shape index (κ3) is 13.0. The lowest BCUT2D eigenvalue weighted by Gasteiger charge is -2.45. The van der Waals surface area contributed by atoms with Crippen molar-refractivity contribution in [1.29, 1.82) is 0 Å². The number of anilines is 6. The van der Waals surface area contributed by atoms with Crippen molar-refractivity contribution in [2.24, 2.45) is 0 Å². The number of para-hydroxylation sites is 3. The van der Waals surface area contributed by atoms with Crippen LogP contribution >= 0.6 is 11.3 Å². The number of nitrogens with zero attached hydrogens (tertiary/aromatic N) is 5. The molecule has 0 saturated heterocycles. The van der Waals surface area contributed by atoms with Crippen LogP contribution in [0.1, 0.15) is 158 Å². The highest BCUT2D eigenvalue weighted by Gasteiger charge is 2.46. The predicted octanol–water partition coefficient (Wildman–Crippen LogP) is 31.9. The number of thiophene rings is 1. The van der Waals surface area contributed by atoms with E-state index in [2.05, 4.69) is 476 Å². The Morgan fingerprint density at radius 1 is 0.213 bits per heavy atom. The standard InChI is InChI=1S/C120H108BN5S/c1-115(2,3)78-49-57-102-94(66-78)95-67-79(116(4,5)6)50-58-103(95)122(102)85-53-55-99-108(70-85)125(101-56-48-75(73-33-22-19-23-34-73)63-93(101)74-35-24-20-25-36-74)109-71-86(123-104-59-51-80(117(7,8)9)68-96(104)97-69-81(118(10,11)12)52-60-105(97)123)72-110-111(109)121(99)98-54-47-76(77-61-82(119(13,14)15)65-83(62-77)120(16,17)18)64-107(98)126(110)106-46-32-44-92-91-43-31-42-90(113(91)127-114(92)106)89-41-30-40-88-87-39-28-29-45-100(87)124(112(88)89)84-37-26-21-27-38-84/h19-72H,1-18H3. The number of rotatable bonds is 9. The Morgan fingerprint density at radius 2 is 0.630 bits per heavy atom. The zero-order valence-corrected chi connectivity index (χ0v) is 77.2. The minimum absolute atomic E-state index is 0.0762. The first-order valence-electron chi connectivity index (χ1n) is 45.5. The van der Waals surface area contributed by atoms with E-state index in [1.165, 1.54) is 152 Å². The van der Waals surface area contributed by atoms with E-state index in [4.69, 9.17) is 0 Å². The lowest BCUT2D eigenvalue weighted by molar-refractivity contribution is 0.569. The van der Waals surface area contributed by atoms with E-state index < -0.39 is 0 Å². The van der Waals surface area contributed by atoms with Crippen LogP contribution in [-0.4, -0.2) is 20.4 Å². The fourth-order valence-corrected chi connectivity index (χ4v) is 22.1. The van der Waals surface area contributed by atoms with Crippen molar-refractivity contribution in [1.82, 2.24) is 13.7 Å². The Morgan fingerprint density at radius 3 is 1.17 bits per heavy atom. The molecule has 4 aromatic heterocycles. The van der Waals surface area contributed by atoms with Gasteiger partial charge in [0.25, 0.3) is 6.71 Å². The van der Waals surface area contributed by atoms with Crippen LogP contribution in [0.15, 0.2) is 328 Å². The molecule has 7 heteroatoms. The molecule has 2 aliphatic rings. The summed E-state index contributed by atoms with van der Waals surface area (Å²) in [5.41, 5.74) is 37.5. The van der Waals surface area contributed by atoms with Crippen LogP contribution in [0.3, 0.4) is 0 Å². The second-order valence-corrected chi connectivity index (χ2v) is 43.2. The van der Waals surface area contributed by atoms with Gasteiger partial charge in [0.2, 0.25) is 0 Å². The Balaban J connectivity index is 0.898. The molecule has 622 valence electrons. The van der Waals surface area contributed by atoms with Gasteiger partial charge < -0.3 is 23.5 Å². The molecule has 0 radical (unpaired) electrons. The van der Waals surface area contributed by atoms with Crippen LogP contribution in [0.2, 0.25) is 0 Å². The summed E-state index contributed by atoms with van der Waals surface area (Å²) in [6.45, 7) is 42.1. The van der Waals surface area contributed by atoms with Crippen LogP contribution in [0.4, 0.5) is 34.1 Å². The van der Waals surface area contributed by atoms with Crippen LogP contribution in [0.25, 0.3) is 147 Å². The molecule has 0 unspecified atom stereocenters. The summed E-state index contributed by atoms with van der Waals surface area (Å²) in [6.07, 6.45) is 0. The van der Waals surface area contributed by atoms with Gasteiger partial charge in [0.1, 0.15) is 0 Å². The van der Waals surface area contributed by atoms with E-state index in [0.717, 1.165) is 78.9 Å². The van der Waals surface area contributed by atoms with Gasteiger partial charge in [-0.2, -0.15) is 0 Å². The van der Waals surface area contributed by atoms with Gasteiger partial charge in [-0.05, 0) is 225 Å². The molecule has 2 aliphatic heterocycles. The van der Waals surface area contributed by atoms with E-state index >= 15 is 0 Å². The van der Waals surface area contributed by atoms with Crippen molar-refractivity contribution in [3.63, 3.8) is 0 Å². The summed E-state index contributed by atoms with van der Waals surface area (Å²) in [6, 6.07) is 128. The van der Waals surface area contributed by atoms with Crippen LogP contribution in [0.5, 0.6) is 0 Å². The molecular weight excluding hydrogens is 1550 g/mol. The minimum Gasteiger partial charge on any atom is -0.311 e. The van der Waals surface area contributed by atoms with E-state index in [1.807, 2.05) is 11.3 Å². The molecule has 0 fully saturated rings. The van der Waals surface area contributed by atoms with Gasteiger partial charge in [0, 0.05) is 98.6 Å². The SMILES string of the molecule is CC(C)(C)c1cc(-c2ccc3c(c2)N(c2cccc4c2sc2c(-c5cccc6c7ccccc7n(-c7ccccc7)c56)cccc24)c2cc(-n4c5ccc(C(C)(C)C)cc5c5cc(C(C)(C)C)ccc54)cc4c2B3c2ccc(-n3c5ccc(C(C)(C)C)cc5c5cc(C(C)(C)C)ccc53)cc2N4c2ccc(-c3ccccc3)cc2-c2ccccc2)cc(C(C)(C)C)c1. The highest BCUT2D eigenvalue weighted by molar-refractivity contribution is 7.27. The second kappa shape index (κ2) is 28.7. The van der Waals surface area contributed by atoms with Crippen molar-refractivity contribution in [2.45, 2.75) is 157 Å². The number of aromatic nitrogens is 3. The molecule has 0 spiro atoms. The Labute approximate surface area is 751 Å². The third-order valence-electron chi connectivity index (χ3n) is 27.7. The average molecular weight is 1660 g/mol. The molecule has 0 N–H and O–H groups in total. The molecule has 6 heterocycles. The molecule has 0 saturated carbocycles. The maximum Gasteiger partial charge on any atom is 0.252 e. The lowest BCUT2D eigenvalue weighted by atomic mass is 9.33. The normalized spacial score (nSPS) is 13.4. The van der Waals surface area contributed by atoms with Gasteiger partial charge in [0.05, 0.1) is 54.9 Å². The third-order valence-corrected chi connectivity index (χ3v) is 29.0. The zero-order valence-electron chi connectivity index (χ0n) is 76.4.